The van der Waals surface area contributed by atoms with Gasteiger partial charge in [-0.2, -0.15) is 5.26 Å². The minimum absolute atomic E-state index is 0.466. The van der Waals surface area contributed by atoms with Gasteiger partial charge >= 0.3 is 6.09 Å². The van der Waals surface area contributed by atoms with E-state index in [-0.39, 0.29) is 0 Å². The van der Waals surface area contributed by atoms with Gasteiger partial charge in [0.25, 0.3) is 0 Å². The van der Waals surface area contributed by atoms with Crippen LogP contribution in [0.2, 0.25) is 0 Å². The van der Waals surface area contributed by atoms with Crippen LogP contribution in [-0.4, -0.2) is 31.2 Å². The first-order valence-electron chi connectivity index (χ1n) is 9.81. The predicted octanol–water partition coefficient (Wildman–Crippen LogP) is 3.81. The van der Waals surface area contributed by atoms with Crippen molar-refractivity contribution < 1.29 is 9.53 Å². The number of benzene rings is 2. The Labute approximate surface area is 178 Å². The number of anilines is 1. The van der Waals surface area contributed by atoms with Crippen LogP contribution in [0.3, 0.4) is 0 Å². The lowest BCUT2D eigenvalue weighted by atomic mass is 10.1. The van der Waals surface area contributed by atoms with E-state index in [1.165, 1.54) is 0 Å². The summed E-state index contributed by atoms with van der Waals surface area (Å²) in [5.41, 5.74) is 2.96. The molecule has 0 aliphatic heterocycles. The summed E-state index contributed by atoms with van der Waals surface area (Å²) in [6.45, 7) is 6.77. The number of hydrogen-bond acceptors (Lipinski definition) is 4. The molecule has 1 amide bonds. The van der Waals surface area contributed by atoms with E-state index in [1.54, 1.807) is 13.1 Å². The topological polar surface area (TPSA) is 98.5 Å². The van der Waals surface area contributed by atoms with Crippen LogP contribution in [0, 0.1) is 11.3 Å². The molecule has 158 valence electrons. The minimum atomic E-state index is -0.527. The number of nitriles is 1. The Kier molecular flexibility index (Phi) is 8.24. The molecule has 0 heterocycles. The van der Waals surface area contributed by atoms with Crippen molar-refractivity contribution in [1.82, 2.24) is 10.6 Å². The quantitative estimate of drug-likeness (QED) is 0.500. The molecule has 0 atom stereocenters. The third kappa shape index (κ3) is 8.23. The van der Waals surface area contributed by atoms with Crippen molar-refractivity contribution >= 4 is 17.7 Å². The lowest BCUT2D eigenvalue weighted by Crippen LogP contribution is -2.37. The number of rotatable bonds is 6. The molecule has 0 aliphatic rings. The zero-order valence-corrected chi connectivity index (χ0v) is 18.0. The van der Waals surface area contributed by atoms with E-state index in [4.69, 9.17) is 10.00 Å². The summed E-state index contributed by atoms with van der Waals surface area (Å²) < 4.78 is 5.25. The highest BCUT2D eigenvalue weighted by Gasteiger charge is 2.16. The summed E-state index contributed by atoms with van der Waals surface area (Å²) in [5, 5.41) is 18.2. The molecule has 0 radical (unpaired) electrons. The van der Waals surface area contributed by atoms with Gasteiger partial charge in [-0.3, -0.25) is 10.3 Å². The maximum Gasteiger partial charge on any atom is 0.412 e. The summed E-state index contributed by atoms with van der Waals surface area (Å²) in [6.07, 6.45) is 0.337. The Hall–Kier alpha value is -3.53. The van der Waals surface area contributed by atoms with Crippen LogP contribution in [0.15, 0.2) is 53.5 Å². The molecule has 0 fully saturated rings. The van der Waals surface area contributed by atoms with E-state index in [1.807, 2.05) is 63.2 Å². The van der Waals surface area contributed by atoms with E-state index in [9.17, 15) is 4.79 Å². The monoisotopic (exact) mass is 407 g/mol. The highest BCUT2D eigenvalue weighted by atomic mass is 16.6. The Morgan fingerprint density at radius 2 is 1.83 bits per heavy atom. The smallest absolute Gasteiger partial charge is 0.412 e. The second-order valence-electron chi connectivity index (χ2n) is 7.74. The number of ether oxygens (including phenoxy) is 1. The zero-order valence-electron chi connectivity index (χ0n) is 18.0. The molecule has 2 aromatic rings. The molecular weight excluding hydrogens is 378 g/mol. The Balaban J connectivity index is 1.76. The SMILES string of the molecule is CN=C(NCCc1ccc(NC(=O)OC(C)(C)C)cc1)NCc1cccc(C#N)c1. The van der Waals surface area contributed by atoms with Gasteiger partial charge in [0, 0.05) is 25.8 Å². The molecule has 0 saturated carbocycles. The van der Waals surface area contributed by atoms with E-state index < -0.39 is 11.7 Å². The average Bonchev–Trinajstić information content (AvgIpc) is 2.70. The molecule has 0 saturated heterocycles. The van der Waals surface area contributed by atoms with Gasteiger partial charge in [-0.1, -0.05) is 24.3 Å². The zero-order chi connectivity index (χ0) is 22.0. The van der Waals surface area contributed by atoms with Crippen molar-refractivity contribution in [3.63, 3.8) is 0 Å². The lowest BCUT2D eigenvalue weighted by Gasteiger charge is -2.19. The van der Waals surface area contributed by atoms with Gasteiger partial charge < -0.3 is 15.4 Å². The molecule has 0 aromatic heterocycles. The van der Waals surface area contributed by atoms with Crippen LogP contribution in [0.1, 0.15) is 37.5 Å². The van der Waals surface area contributed by atoms with Gasteiger partial charge in [-0.05, 0) is 62.6 Å². The minimum Gasteiger partial charge on any atom is -0.444 e. The van der Waals surface area contributed by atoms with Gasteiger partial charge in [0.2, 0.25) is 0 Å². The van der Waals surface area contributed by atoms with Gasteiger partial charge in [-0.15, -0.1) is 0 Å². The first-order chi connectivity index (χ1) is 14.3. The molecule has 3 N–H and O–H groups in total. The van der Waals surface area contributed by atoms with Crippen molar-refractivity contribution in [2.24, 2.45) is 4.99 Å². The summed E-state index contributed by atoms with van der Waals surface area (Å²) in [5.74, 6) is 0.695. The number of carbonyl (C=O) groups is 1. The lowest BCUT2D eigenvalue weighted by molar-refractivity contribution is 0.0636. The molecule has 2 aromatic carbocycles. The van der Waals surface area contributed by atoms with Gasteiger partial charge in [0.05, 0.1) is 11.6 Å². The number of hydrogen-bond donors (Lipinski definition) is 3. The van der Waals surface area contributed by atoms with E-state index >= 15 is 0 Å². The summed E-state index contributed by atoms with van der Waals surface area (Å²) in [6, 6.07) is 17.3. The summed E-state index contributed by atoms with van der Waals surface area (Å²) >= 11 is 0. The van der Waals surface area contributed by atoms with E-state index in [0.29, 0.717) is 30.3 Å². The van der Waals surface area contributed by atoms with Crippen LogP contribution in [-0.2, 0) is 17.7 Å². The van der Waals surface area contributed by atoms with Crippen LogP contribution >= 0.6 is 0 Å². The third-order valence-corrected chi connectivity index (χ3v) is 4.04. The fraction of sp³-hybridized carbons (Fsp3) is 0.348. The Morgan fingerprint density at radius 3 is 2.47 bits per heavy atom. The highest BCUT2D eigenvalue weighted by Crippen LogP contribution is 2.13. The van der Waals surface area contributed by atoms with E-state index in [0.717, 1.165) is 17.5 Å². The second kappa shape index (κ2) is 10.9. The normalized spacial score (nSPS) is 11.4. The van der Waals surface area contributed by atoms with Crippen LogP contribution in [0.4, 0.5) is 10.5 Å². The molecule has 7 heteroatoms. The summed E-state index contributed by atoms with van der Waals surface area (Å²) in [4.78, 5) is 16.0. The van der Waals surface area contributed by atoms with Crippen molar-refractivity contribution in [2.45, 2.75) is 39.3 Å². The van der Waals surface area contributed by atoms with Gasteiger partial charge in [0.15, 0.2) is 5.96 Å². The number of nitrogens with zero attached hydrogens (tertiary/aromatic N) is 2. The molecule has 0 spiro atoms. The maximum atomic E-state index is 11.8. The average molecular weight is 408 g/mol. The number of aliphatic imine (C=N–C) groups is 1. The molecule has 0 aliphatic carbocycles. The van der Waals surface area contributed by atoms with Crippen LogP contribution < -0.4 is 16.0 Å². The van der Waals surface area contributed by atoms with Crippen molar-refractivity contribution in [1.29, 1.82) is 5.26 Å². The standard InChI is InChI=1S/C23H29N5O2/c1-23(2,3)30-22(29)28-20-10-8-17(9-11-20)12-13-26-21(25-4)27-16-19-7-5-6-18(14-19)15-24/h5-11,14H,12-13,16H2,1-4H3,(H,28,29)(H2,25,26,27). The Morgan fingerprint density at radius 1 is 1.10 bits per heavy atom. The van der Waals surface area contributed by atoms with Crippen LogP contribution in [0.5, 0.6) is 0 Å². The van der Waals surface area contributed by atoms with Crippen LogP contribution in [0.25, 0.3) is 0 Å². The van der Waals surface area contributed by atoms with Crippen molar-refractivity contribution in [3.05, 3.63) is 65.2 Å². The predicted molar refractivity (Wildman–Crippen MR) is 119 cm³/mol. The number of carbonyl (C=O) groups excluding carboxylic acids is 1. The first-order valence-corrected chi connectivity index (χ1v) is 9.81. The molecular formula is C23H29N5O2. The van der Waals surface area contributed by atoms with Gasteiger partial charge in [0.1, 0.15) is 5.60 Å². The van der Waals surface area contributed by atoms with Crippen molar-refractivity contribution in [3.8, 4) is 6.07 Å². The fourth-order valence-electron chi connectivity index (χ4n) is 2.66. The largest absolute Gasteiger partial charge is 0.444 e. The van der Waals surface area contributed by atoms with E-state index in [2.05, 4.69) is 27.0 Å². The number of amides is 1. The first kappa shape index (κ1) is 22.8. The molecule has 0 unspecified atom stereocenters. The molecule has 2 rings (SSSR count). The fourth-order valence-corrected chi connectivity index (χ4v) is 2.66. The second-order valence-corrected chi connectivity index (χ2v) is 7.74. The summed E-state index contributed by atoms with van der Waals surface area (Å²) in [7, 11) is 1.72. The highest BCUT2D eigenvalue weighted by molar-refractivity contribution is 5.84. The van der Waals surface area contributed by atoms with Crippen molar-refractivity contribution in [2.75, 3.05) is 18.9 Å². The number of guanidine groups is 1. The number of nitrogens with one attached hydrogen (secondary N) is 3. The maximum absolute atomic E-state index is 11.8. The third-order valence-electron chi connectivity index (χ3n) is 4.04. The molecule has 7 nitrogen and oxygen atoms in total. The van der Waals surface area contributed by atoms with Gasteiger partial charge in [-0.25, -0.2) is 4.79 Å². The Bertz CT molecular complexity index is 908. The molecule has 30 heavy (non-hydrogen) atoms. The molecule has 0 bridgehead atoms.